The quantitative estimate of drug-likeness (QED) is 0.669. The first kappa shape index (κ1) is 23.2. The number of sulfonamides is 1. The number of nitrogens with one attached hydrogen (secondary N) is 1. The first-order chi connectivity index (χ1) is 14.8. The van der Waals surface area contributed by atoms with Crippen molar-refractivity contribution in [3.63, 3.8) is 0 Å². The van der Waals surface area contributed by atoms with Crippen LogP contribution in [0.15, 0.2) is 41.3 Å². The number of nitrogens with zero attached hydrogens (tertiary/aromatic N) is 1. The number of methoxy groups -OCH3 is 3. The number of ether oxygens (including phenoxy) is 3. The van der Waals surface area contributed by atoms with E-state index >= 15 is 0 Å². The standard InChI is InChI=1S/C21H25ClN2O6S/c1-28-16-5-7-19(30-3)20(13-16)31(26,27)24-10-8-14(9-11-24)21(25)23-15-4-6-18(29-2)17(22)12-15/h4-7,12-14H,8-11H2,1-3H3,(H,23,25). The van der Waals surface area contributed by atoms with Gasteiger partial charge in [0.05, 0.1) is 26.4 Å². The molecule has 0 aliphatic carbocycles. The van der Waals surface area contributed by atoms with E-state index in [1.54, 1.807) is 30.3 Å². The maximum Gasteiger partial charge on any atom is 0.246 e. The Morgan fingerprint density at radius 2 is 1.65 bits per heavy atom. The molecular weight excluding hydrogens is 444 g/mol. The fraction of sp³-hybridized carbons (Fsp3) is 0.381. The molecule has 2 aromatic rings. The fourth-order valence-electron chi connectivity index (χ4n) is 3.47. The third-order valence-electron chi connectivity index (χ3n) is 5.23. The molecule has 1 aliphatic rings. The lowest BCUT2D eigenvalue weighted by atomic mass is 9.97. The van der Waals surface area contributed by atoms with E-state index in [2.05, 4.69) is 5.32 Å². The van der Waals surface area contributed by atoms with Crippen molar-refractivity contribution in [2.75, 3.05) is 39.7 Å². The van der Waals surface area contributed by atoms with Gasteiger partial charge in [0, 0.05) is 30.8 Å². The summed E-state index contributed by atoms with van der Waals surface area (Å²) in [6.07, 6.45) is 0.808. The molecule has 0 bridgehead atoms. The molecule has 31 heavy (non-hydrogen) atoms. The molecule has 10 heteroatoms. The van der Waals surface area contributed by atoms with E-state index in [0.29, 0.717) is 35.1 Å². The highest BCUT2D eigenvalue weighted by atomic mass is 35.5. The van der Waals surface area contributed by atoms with Crippen LogP contribution in [-0.2, 0) is 14.8 Å². The van der Waals surface area contributed by atoms with Crippen LogP contribution < -0.4 is 19.5 Å². The lowest BCUT2D eigenvalue weighted by Crippen LogP contribution is -2.41. The number of halogens is 1. The van der Waals surface area contributed by atoms with Gasteiger partial charge in [-0.3, -0.25) is 4.79 Å². The minimum Gasteiger partial charge on any atom is -0.497 e. The van der Waals surface area contributed by atoms with Crippen molar-refractivity contribution in [2.45, 2.75) is 17.7 Å². The summed E-state index contributed by atoms with van der Waals surface area (Å²) in [6.45, 7) is 0.453. The van der Waals surface area contributed by atoms with Crippen LogP contribution in [-0.4, -0.2) is 53.0 Å². The van der Waals surface area contributed by atoms with Gasteiger partial charge in [-0.15, -0.1) is 0 Å². The molecule has 0 aromatic heterocycles. The lowest BCUT2D eigenvalue weighted by Gasteiger charge is -2.31. The number of benzene rings is 2. The molecular formula is C21H25ClN2O6S. The summed E-state index contributed by atoms with van der Waals surface area (Å²) in [6, 6.07) is 9.64. The monoisotopic (exact) mass is 468 g/mol. The molecule has 0 unspecified atom stereocenters. The molecule has 8 nitrogen and oxygen atoms in total. The van der Waals surface area contributed by atoms with Crippen LogP contribution in [0.1, 0.15) is 12.8 Å². The summed E-state index contributed by atoms with van der Waals surface area (Å²) in [4.78, 5) is 12.7. The lowest BCUT2D eigenvalue weighted by molar-refractivity contribution is -0.120. The van der Waals surface area contributed by atoms with Gasteiger partial charge in [-0.05, 0) is 43.2 Å². The highest BCUT2D eigenvalue weighted by Crippen LogP contribution is 2.33. The highest BCUT2D eigenvalue weighted by Gasteiger charge is 2.34. The van der Waals surface area contributed by atoms with E-state index in [0.717, 1.165) is 0 Å². The Labute approximate surface area is 187 Å². The van der Waals surface area contributed by atoms with E-state index in [4.69, 9.17) is 25.8 Å². The van der Waals surface area contributed by atoms with E-state index in [-0.39, 0.29) is 35.6 Å². The van der Waals surface area contributed by atoms with Crippen molar-refractivity contribution in [1.82, 2.24) is 4.31 Å². The average molecular weight is 469 g/mol. The fourth-order valence-corrected chi connectivity index (χ4v) is 5.37. The third-order valence-corrected chi connectivity index (χ3v) is 7.45. The van der Waals surface area contributed by atoms with Crippen LogP contribution in [0.25, 0.3) is 0 Å². The van der Waals surface area contributed by atoms with Crippen molar-refractivity contribution in [3.8, 4) is 17.2 Å². The number of carbonyl (C=O) groups is 1. The molecule has 1 heterocycles. The number of piperidine rings is 1. The van der Waals surface area contributed by atoms with Gasteiger partial charge in [0.15, 0.2) is 0 Å². The second-order valence-electron chi connectivity index (χ2n) is 7.03. The van der Waals surface area contributed by atoms with E-state index < -0.39 is 10.0 Å². The molecule has 1 N–H and O–H groups in total. The van der Waals surface area contributed by atoms with Gasteiger partial charge in [-0.2, -0.15) is 4.31 Å². The van der Waals surface area contributed by atoms with Crippen LogP contribution >= 0.6 is 11.6 Å². The number of carbonyl (C=O) groups excluding carboxylic acids is 1. The molecule has 0 saturated carbocycles. The average Bonchev–Trinajstić information content (AvgIpc) is 2.78. The maximum absolute atomic E-state index is 13.2. The Kier molecular flexibility index (Phi) is 7.30. The molecule has 2 aromatic carbocycles. The van der Waals surface area contributed by atoms with Crippen molar-refractivity contribution < 1.29 is 27.4 Å². The predicted molar refractivity (Wildman–Crippen MR) is 118 cm³/mol. The normalized spacial score (nSPS) is 15.4. The number of hydrogen-bond acceptors (Lipinski definition) is 6. The second-order valence-corrected chi connectivity index (χ2v) is 9.35. The molecule has 3 rings (SSSR count). The van der Waals surface area contributed by atoms with Crippen LogP contribution in [0, 0.1) is 5.92 Å². The molecule has 0 atom stereocenters. The number of hydrogen-bond donors (Lipinski definition) is 1. The van der Waals surface area contributed by atoms with E-state index in [1.807, 2.05) is 0 Å². The zero-order chi connectivity index (χ0) is 22.6. The zero-order valence-corrected chi connectivity index (χ0v) is 19.1. The summed E-state index contributed by atoms with van der Waals surface area (Å²) in [5.41, 5.74) is 0.562. The van der Waals surface area contributed by atoms with Gasteiger partial charge < -0.3 is 19.5 Å². The van der Waals surface area contributed by atoms with Gasteiger partial charge in [0.25, 0.3) is 0 Å². The van der Waals surface area contributed by atoms with Gasteiger partial charge in [0.1, 0.15) is 22.1 Å². The van der Waals surface area contributed by atoms with E-state index in [1.165, 1.54) is 31.7 Å². The summed E-state index contributed by atoms with van der Waals surface area (Å²) >= 11 is 6.10. The Balaban J connectivity index is 1.67. The van der Waals surface area contributed by atoms with Crippen molar-refractivity contribution in [1.29, 1.82) is 0 Å². The highest BCUT2D eigenvalue weighted by molar-refractivity contribution is 7.89. The van der Waals surface area contributed by atoms with Crippen molar-refractivity contribution in [2.24, 2.45) is 5.92 Å². The molecule has 1 saturated heterocycles. The smallest absolute Gasteiger partial charge is 0.246 e. The first-order valence-corrected chi connectivity index (χ1v) is 11.5. The van der Waals surface area contributed by atoms with Crippen LogP contribution in [0.3, 0.4) is 0 Å². The Morgan fingerprint density at radius 3 is 2.23 bits per heavy atom. The second kappa shape index (κ2) is 9.76. The molecule has 0 radical (unpaired) electrons. The van der Waals surface area contributed by atoms with Gasteiger partial charge in [0.2, 0.25) is 15.9 Å². The zero-order valence-electron chi connectivity index (χ0n) is 17.6. The minimum atomic E-state index is -3.79. The third kappa shape index (κ3) is 5.06. The number of rotatable bonds is 7. The SMILES string of the molecule is COc1ccc(OC)c(S(=O)(=O)N2CCC(C(=O)Nc3ccc(OC)c(Cl)c3)CC2)c1. The molecule has 1 aliphatic heterocycles. The largest absolute Gasteiger partial charge is 0.497 e. The molecule has 1 fully saturated rings. The number of anilines is 1. The molecule has 168 valence electrons. The molecule has 0 spiro atoms. The van der Waals surface area contributed by atoms with Gasteiger partial charge in [-0.1, -0.05) is 11.6 Å². The van der Waals surface area contributed by atoms with Crippen molar-refractivity contribution >= 4 is 33.2 Å². The summed E-state index contributed by atoms with van der Waals surface area (Å²) < 4.78 is 43.2. The van der Waals surface area contributed by atoms with Crippen molar-refractivity contribution in [3.05, 3.63) is 41.4 Å². The Morgan fingerprint density at radius 1 is 1.00 bits per heavy atom. The topological polar surface area (TPSA) is 94.2 Å². The predicted octanol–water partition coefficient (Wildman–Crippen LogP) is 3.41. The summed E-state index contributed by atoms with van der Waals surface area (Å²) in [7, 11) is 0.613. The van der Waals surface area contributed by atoms with Crippen LogP contribution in [0.2, 0.25) is 5.02 Å². The van der Waals surface area contributed by atoms with Crippen LogP contribution in [0.5, 0.6) is 17.2 Å². The number of amides is 1. The van der Waals surface area contributed by atoms with E-state index in [9.17, 15) is 13.2 Å². The first-order valence-electron chi connectivity index (χ1n) is 9.66. The summed E-state index contributed by atoms with van der Waals surface area (Å²) in [5.74, 6) is 0.715. The Bertz CT molecular complexity index is 1050. The van der Waals surface area contributed by atoms with Crippen LogP contribution in [0.4, 0.5) is 5.69 Å². The molecule has 1 amide bonds. The Hall–Kier alpha value is -2.49. The maximum atomic E-state index is 13.2. The summed E-state index contributed by atoms with van der Waals surface area (Å²) in [5, 5.41) is 3.24. The van der Waals surface area contributed by atoms with Gasteiger partial charge in [-0.25, -0.2) is 8.42 Å². The van der Waals surface area contributed by atoms with Gasteiger partial charge >= 0.3 is 0 Å². The minimum absolute atomic E-state index is 0.0464.